The third kappa shape index (κ3) is 8.00. The molecule has 0 bridgehead atoms. The minimum atomic E-state index is -0.721. The van der Waals surface area contributed by atoms with Crippen molar-refractivity contribution in [2.45, 2.75) is 84.2 Å². The van der Waals surface area contributed by atoms with Gasteiger partial charge in [0, 0.05) is 19.0 Å². The molecule has 11 nitrogen and oxygen atoms in total. The van der Waals surface area contributed by atoms with Crippen LogP contribution in [0.4, 0.5) is 5.69 Å². The third-order valence-corrected chi connectivity index (χ3v) is 9.47. The van der Waals surface area contributed by atoms with Crippen LogP contribution in [-0.2, 0) is 25.5 Å². The molecule has 4 rings (SSSR count). The molecule has 2 aromatic carbocycles. The van der Waals surface area contributed by atoms with Crippen LogP contribution in [0.15, 0.2) is 29.1 Å². The Labute approximate surface area is 277 Å². The molecule has 0 unspecified atom stereocenters. The van der Waals surface area contributed by atoms with E-state index in [2.05, 4.69) is 16.0 Å². The maximum atomic E-state index is 13.9. The quantitative estimate of drug-likeness (QED) is 0.273. The number of carbonyl (C=O) groups excluding carboxylic acids is 3. The predicted octanol–water partition coefficient (Wildman–Crippen LogP) is 4.93. The second-order valence-electron chi connectivity index (χ2n) is 13.0. The van der Waals surface area contributed by atoms with Crippen LogP contribution >= 0.6 is 0 Å². The van der Waals surface area contributed by atoms with Gasteiger partial charge < -0.3 is 34.9 Å². The Hall–Kier alpha value is -4.28. The van der Waals surface area contributed by atoms with E-state index in [-0.39, 0.29) is 46.7 Å². The van der Waals surface area contributed by atoms with Gasteiger partial charge in [-0.3, -0.25) is 19.2 Å². The number of rotatable bonds is 12. The van der Waals surface area contributed by atoms with E-state index in [4.69, 9.17) is 18.9 Å². The van der Waals surface area contributed by atoms with Crippen molar-refractivity contribution in [3.8, 4) is 28.4 Å². The van der Waals surface area contributed by atoms with Crippen molar-refractivity contribution in [3.05, 3.63) is 45.6 Å². The monoisotopic (exact) mass is 651 g/mol. The molecule has 0 spiro atoms. The van der Waals surface area contributed by atoms with Gasteiger partial charge in [-0.15, -0.1) is 0 Å². The Kier molecular flexibility index (Phi) is 11.8. The number of methoxy groups -OCH3 is 4. The van der Waals surface area contributed by atoms with Crippen molar-refractivity contribution in [1.29, 1.82) is 0 Å². The first-order valence-electron chi connectivity index (χ1n) is 16.4. The summed E-state index contributed by atoms with van der Waals surface area (Å²) in [7, 11) is 6.04. The molecule has 1 saturated carbocycles. The lowest BCUT2D eigenvalue weighted by Gasteiger charge is -2.37. The van der Waals surface area contributed by atoms with E-state index in [0.717, 1.165) is 43.2 Å². The Balaban J connectivity index is 1.74. The number of anilines is 1. The summed E-state index contributed by atoms with van der Waals surface area (Å²) in [5.74, 6) is 0.492. The Morgan fingerprint density at radius 1 is 0.957 bits per heavy atom. The average Bonchev–Trinajstić information content (AvgIpc) is 3.29. The van der Waals surface area contributed by atoms with E-state index in [1.165, 1.54) is 27.2 Å². The van der Waals surface area contributed by atoms with Crippen LogP contribution in [0.3, 0.4) is 0 Å². The summed E-state index contributed by atoms with van der Waals surface area (Å²) in [6.45, 7) is 5.64. The molecular weight excluding hydrogens is 602 g/mol. The first-order chi connectivity index (χ1) is 22.5. The maximum Gasteiger partial charge on any atom is 0.306 e. The highest BCUT2D eigenvalue weighted by molar-refractivity contribution is 5.86. The molecule has 0 aromatic heterocycles. The first kappa shape index (κ1) is 35.6. The summed E-state index contributed by atoms with van der Waals surface area (Å²) in [5, 5.41) is 9.34. The van der Waals surface area contributed by atoms with Gasteiger partial charge in [-0.2, -0.15) is 0 Å². The van der Waals surface area contributed by atoms with Crippen LogP contribution in [0.5, 0.6) is 17.2 Å². The van der Waals surface area contributed by atoms with Gasteiger partial charge in [0.1, 0.15) is 6.04 Å². The molecule has 0 saturated heterocycles. The molecule has 0 aliphatic heterocycles. The Morgan fingerprint density at radius 3 is 2.26 bits per heavy atom. The normalized spacial score (nSPS) is 17.2. The van der Waals surface area contributed by atoms with E-state index in [9.17, 15) is 19.2 Å². The molecule has 0 radical (unpaired) electrons. The fourth-order valence-electron chi connectivity index (χ4n) is 7.01. The lowest BCUT2D eigenvalue weighted by Crippen LogP contribution is -2.48. The van der Waals surface area contributed by atoms with Gasteiger partial charge in [-0.05, 0) is 71.9 Å². The van der Waals surface area contributed by atoms with Crippen molar-refractivity contribution in [1.82, 2.24) is 10.6 Å². The average molecular weight is 652 g/mol. The van der Waals surface area contributed by atoms with Crippen LogP contribution < -0.4 is 35.6 Å². The lowest BCUT2D eigenvalue weighted by molar-refractivity contribution is -0.144. The van der Waals surface area contributed by atoms with Crippen molar-refractivity contribution < 1.29 is 33.3 Å². The highest BCUT2D eigenvalue weighted by Crippen LogP contribution is 2.50. The minimum Gasteiger partial charge on any atom is -0.493 e. The molecule has 47 heavy (non-hydrogen) atoms. The summed E-state index contributed by atoms with van der Waals surface area (Å²) in [4.78, 5) is 52.1. The van der Waals surface area contributed by atoms with Crippen molar-refractivity contribution in [3.63, 3.8) is 0 Å². The standard InChI is InChI=1S/C36H49N3O8/c1-21(2)32(35(43)37-20-36(19-30(42)45-5)15-9-8-10-16-36)39-27-14-12-24-25(18-28(27)41)26(38-22(3)40)13-11-23-17-29(44-4)33(46-6)34(47-7)31(23)24/h12,14,17-18,21,26,32H,8-11,13,15-16,19-20H2,1-7H3,(H,37,43)(H,38,40)(H,39,41)/t26-,32-/m1/s1. The molecule has 3 N–H and O–H groups in total. The van der Waals surface area contributed by atoms with Crippen LogP contribution in [0.2, 0.25) is 0 Å². The number of hydrogen-bond acceptors (Lipinski definition) is 9. The van der Waals surface area contributed by atoms with Gasteiger partial charge in [-0.25, -0.2) is 0 Å². The fraction of sp³-hybridized carbons (Fsp3) is 0.556. The lowest BCUT2D eigenvalue weighted by atomic mass is 9.71. The zero-order valence-electron chi connectivity index (χ0n) is 28.7. The summed E-state index contributed by atoms with van der Waals surface area (Å²) in [5.41, 5.74) is 2.58. The number of ether oxygens (including phenoxy) is 4. The topological polar surface area (TPSA) is 141 Å². The van der Waals surface area contributed by atoms with Crippen LogP contribution in [0, 0.1) is 11.3 Å². The van der Waals surface area contributed by atoms with Gasteiger partial charge in [-0.1, -0.05) is 39.2 Å². The molecule has 2 aliphatic rings. The van der Waals surface area contributed by atoms with E-state index in [0.29, 0.717) is 47.8 Å². The maximum absolute atomic E-state index is 13.9. The molecule has 11 heteroatoms. The van der Waals surface area contributed by atoms with Gasteiger partial charge in [0.25, 0.3) is 0 Å². The molecule has 2 amide bonds. The number of esters is 1. The number of carbonyl (C=O) groups is 3. The van der Waals surface area contributed by atoms with E-state index >= 15 is 0 Å². The summed E-state index contributed by atoms with van der Waals surface area (Å²) >= 11 is 0. The van der Waals surface area contributed by atoms with E-state index in [1.807, 2.05) is 26.0 Å². The van der Waals surface area contributed by atoms with Crippen LogP contribution in [0.1, 0.15) is 82.9 Å². The summed E-state index contributed by atoms with van der Waals surface area (Å²) in [6, 6.07) is 5.77. The molecule has 2 aliphatic carbocycles. The number of amides is 2. The molecular formula is C36H49N3O8. The van der Waals surface area contributed by atoms with Gasteiger partial charge in [0.05, 0.1) is 46.6 Å². The molecule has 0 heterocycles. The highest BCUT2D eigenvalue weighted by Gasteiger charge is 2.36. The Morgan fingerprint density at radius 2 is 1.66 bits per heavy atom. The smallest absolute Gasteiger partial charge is 0.306 e. The van der Waals surface area contributed by atoms with E-state index < -0.39 is 12.1 Å². The SMILES string of the molecule is COC(=O)CC1(CNC(=O)[C@H](Nc2ccc3c(cc2=O)[C@H](NC(C)=O)CCc2cc(OC)c(OC)c(OC)c2-3)C(C)C)CCCCC1. The summed E-state index contributed by atoms with van der Waals surface area (Å²) in [6.07, 6.45) is 6.15. The zero-order valence-corrected chi connectivity index (χ0v) is 28.7. The second-order valence-corrected chi connectivity index (χ2v) is 13.0. The molecule has 1 fully saturated rings. The molecule has 2 atom stereocenters. The fourth-order valence-corrected chi connectivity index (χ4v) is 7.01. The van der Waals surface area contributed by atoms with Crippen molar-refractivity contribution >= 4 is 23.5 Å². The van der Waals surface area contributed by atoms with Crippen LogP contribution in [-0.4, -0.2) is 58.8 Å². The number of nitrogens with one attached hydrogen (secondary N) is 3. The Bertz CT molecular complexity index is 1530. The van der Waals surface area contributed by atoms with Gasteiger partial charge in [0.15, 0.2) is 11.5 Å². The van der Waals surface area contributed by atoms with E-state index in [1.54, 1.807) is 20.3 Å². The highest BCUT2D eigenvalue weighted by atomic mass is 16.5. The van der Waals surface area contributed by atoms with Gasteiger partial charge in [0.2, 0.25) is 23.0 Å². The van der Waals surface area contributed by atoms with Crippen molar-refractivity contribution in [2.24, 2.45) is 11.3 Å². The summed E-state index contributed by atoms with van der Waals surface area (Å²) < 4.78 is 22.1. The minimum absolute atomic E-state index is 0.162. The van der Waals surface area contributed by atoms with Crippen molar-refractivity contribution in [2.75, 3.05) is 40.3 Å². The molecule has 256 valence electrons. The predicted molar refractivity (Wildman–Crippen MR) is 180 cm³/mol. The third-order valence-electron chi connectivity index (χ3n) is 9.47. The molecule has 2 aromatic rings. The first-order valence-corrected chi connectivity index (χ1v) is 16.4. The largest absolute Gasteiger partial charge is 0.493 e. The van der Waals surface area contributed by atoms with Crippen LogP contribution in [0.25, 0.3) is 11.1 Å². The zero-order chi connectivity index (χ0) is 34.3. The number of fused-ring (bicyclic) bond motifs is 3. The number of hydrogen-bond donors (Lipinski definition) is 3. The number of aryl methyl sites for hydroxylation is 1. The second kappa shape index (κ2) is 15.5. The number of benzene rings is 1. The van der Waals surface area contributed by atoms with Gasteiger partial charge >= 0.3 is 5.97 Å².